The maximum atomic E-state index is 12.7. The number of nitrogens with zero attached hydrogens (tertiary/aromatic N) is 2. The summed E-state index contributed by atoms with van der Waals surface area (Å²) in [6.07, 6.45) is 3.32. The predicted molar refractivity (Wildman–Crippen MR) is 96.6 cm³/mol. The number of anilines is 1. The molecule has 0 radical (unpaired) electrons. The van der Waals surface area contributed by atoms with Crippen LogP contribution in [0.25, 0.3) is 0 Å². The van der Waals surface area contributed by atoms with E-state index in [2.05, 4.69) is 35.9 Å². The molecule has 0 spiro atoms. The highest BCUT2D eigenvalue weighted by Gasteiger charge is 2.27. The van der Waals surface area contributed by atoms with Gasteiger partial charge in [0.1, 0.15) is 11.0 Å². The number of benzene rings is 1. The van der Waals surface area contributed by atoms with Crippen molar-refractivity contribution in [1.82, 2.24) is 9.88 Å². The number of morpholine rings is 1. The zero-order valence-electron chi connectivity index (χ0n) is 13.7. The van der Waals surface area contributed by atoms with Crippen molar-refractivity contribution >= 4 is 22.4 Å². The Morgan fingerprint density at radius 3 is 3.17 bits per heavy atom. The van der Waals surface area contributed by atoms with Gasteiger partial charge >= 0.3 is 0 Å². The second-order valence-corrected chi connectivity index (χ2v) is 6.70. The van der Waals surface area contributed by atoms with Crippen LogP contribution in [0.1, 0.15) is 26.9 Å². The van der Waals surface area contributed by atoms with Crippen LogP contribution in [0.5, 0.6) is 0 Å². The Kier molecular flexibility index (Phi) is 5.27. The molecule has 3 rings (SSSR count). The van der Waals surface area contributed by atoms with Crippen LogP contribution in [-0.4, -0.2) is 42.0 Å². The minimum absolute atomic E-state index is 0.0148. The lowest BCUT2D eigenvalue weighted by Gasteiger charge is -2.33. The number of nitrogens with one attached hydrogen (secondary N) is 1. The minimum Gasteiger partial charge on any atom is -0.370 e. The van der Waals surface area contributed by atoms with Gasteiger partial charge in [0.05, 0.1) is 19.3 Å². The van der Waals surface area contributed by atoms with Crippen molar-refractivity contribution < 1.29 is 9.53 Å². The van der Waals surface area contributed by atoms with Gasteiger partial charge in [-0.1, -0.05) is 41.7 Å². The normalized spacial score (nSPS) is 17.5. The smallest absolute Gasteiger partial charge is 0.265 e. The highest BCUT2D eigenvalue weighted by Crippen LogP contribution is 2.27. The first-order valence-corrected chi connectivity index (χ1v) is 8.77. The van der Waals surface area contributed by atoms with E-state index < -0.39 is 0 Å². The molecular weight excluding hydrogens is 322 g/mol. The number of aryl methyl sites for hydroxylation is 1. The van der Waals surface area contributed by atoms with Gasteiger partial charge in [0.2, 0.25) is 0 Å². The van der Waals surface area contributed by atoms with Gasteiger partial charge in [-0.2, -0.15) is 0 Å². The number of hydrogen-bond donors (Lipinski definition) is 1. The summed E-state index contributed by atoms with van der Waals surface area (Å²) in [6, 6.07) is 8.16. The average molecular weight is 343 g/mol. The predicted octanol–water partition coefficient (Wildman–Crippen LogP) is 3.26. The second kappa shape index (κ2) is 7.59. The molecule has 1 atom stereocenters. The third-order valence-electron chi connectivity index (χ3n) is 4.00. The van der Waals surface area contributed by atoms with Crippen molar-refractivity contribution in [2.45, 2.75) is 13.0 Å². The largest absolute Gasteiger partial charge is 0.370 e. The van der Waals surface area contributed by atoms with Crippen LogP contribution in [-0.2, 0) is 4.74 Å². The van der Waals surface area contributed by atoms with E-state index in [1.165, 1.54) is 16.9 Å². The zero-order valence-corrected chi connectivity index (χ0v) is 14.5. The Bertz CT molecular complexity index is 729. The summed E-state index contributed by atoms with van der Waals surface area (Å²) in [4.78, 5) is 19.5. The fraction of sp³-hybridized carbons (Fsp3) is 0.333. The zero-order chi connectivity index (χ0) is 16.9. The van der Waals surface area contributed by atoms with Crippen molar-refractivity contribution in [3.8, 4) is 0 Å². The van der Waals surface area contributed by atoms with E-state index in [4.69, 9.17) is 4.74 Å². The van der Waals surface area contributed by atoms with E-state index in [0.717, 1.165) is 10.7 Å². The lowest BCUT2D eigenvalue weighted by Crippen LogP contribution is -2.42. The van der Waals surface area contributed by atoms with Crippen LogP contribution in [0.3, 0.4) is 0 Å². The molecule has 0 saturated carbocycles. The fourth-order valence-corrected chi connectivity index (χ4v) is 3.53. The summed E-state index contributed by atoms with van der Waals surface area (Å²) in [5, 5.41) is 3.85. The molecule has 126 valence electrons. The monoisotopic (exact) mass is 343 g/mol. The Hall–Kier alpha value is -2.18. The van der Waals surface area contributed by atoms with Gasteiger partial charge in [0.15, 0.2) is 5.13 Å². The van der Waals surface area contributed by atoms with E-state index in [1.807, 2.05) is 17.0 Å². The number of carbonyl (C=O) groups excluding carboxylic acids is 1. The molecule has 2 aromatic rings. The average Bonchev–Trinajstić information content (AvgIpc) is 3.09. The van der Waals surface area contributed by atoms with Crippen LogP contribution in [0.15, 0.2) is 43.1 Å². The van der Waals surface area contributed by atoms with Crippen molar-refractivity contribution in [2.24, 2.45) is 0 Å². The molecule has 1 amide bonds. The highest BCUT2D eigenvalue weighted by molar-refractivity contribution is 7.17. The molecule has 1 aliphatic rings. The molecule has 1 aromatic heterocycles. The van der Waals surface area contributed by atoms with Gasteiger partial charge in [-0.15, -0.1) is 6.58 Å². The summed E-state index contributed by atoms with van der Waals surface area (Å²) in [5.41, 5.74) is 2.33. The van der Waals surface area contributed by atoms with Crippen LogP contribution in [0.4, 0.5) is 5.13 Å². The van der Waals surface area contributed by atoms with Crippen molar-refractivity contribution in [3.05, 3.63) is 59.1 Å². The van der Waals surface area contributed by atoms with E-state index >= 15 is 0 Å². The maximum Gasteiger partial charge on any atom is 0.265 e. The molecule has 6 heteroatoms. The molecule has 1 N–H and O–H groups in total. The van der Waals surface area contributed by atoms with E-state index in [-0.39, 0.29) is 12.0 Å². The Labute approximate surface area is 146 Å². The van der Waals surface area contributed by atoms with Crippen molar-refractivity contribution in [1.29, 1.82) is 0 Å². The standard InChI is InChI=1S/C18H21N3O2S/c1-3-8-19-18-20-11-16(24-18)17(22)21-9-10-23-15(12-21)14-7-5-4-6-13(14)2/h3-7,11,15H,1,8-10,12H2,2H3,(H,19,20)/t15-/m0/s1. The fourth-order valence-electron chi connectivity index (χ4n) is 2.74. The van der Waals surface area contributed by atoms with Crippen molar-refractivity contribution in [3.63, 3.8) is 0 Å². The summed E-state index contributed by atoms with van der Waals surface area (Å²) < 4.78 is 5.89. The first-order valence-electron chi connectivity index (χ1n) is 7.96. The Morgan fingerprint density at radius 1 is 1.54 bits per heavy atom. The van der Waals surface area contributed by atoms with Crippen molar-refractivity contribution in [2.75, 3.05) is 31.6 Å². The first kappa shape index (κ1) is 16.7. The van der Waals surface area contributed by atoms with Gasteiger partial charge in [-0.05, 0) is 18.1 Å². The molecule has 0 bridgehead atoms. The topological polar surface area (TPSA) is 54.5 Å². The number of amides is 1. The van der Waals surface area contributed by atoms with Crippen LogP contribution in [0.2, 0.25) is 0 Å². The summed E-state index contributed by atoms with van der Waals surface area (Å²) in [7, 11) is 0. The first-order chi connectivity index (χ1) is 11.7. The lowest BCUT2D eigenvalue weighted by molar-refractivity contribution is -0.0229. The molecular formula is C18H21N3O2S. The summed E-state index contributed by atoms with van der Waals surface area (Å²) in [6.45, 7) is 8.08. The van der Waals surface area contributed by atoms with E-state index in [1.54, 1.807) is 12.3 Å². The van der Waals surface area contributed by atoms with Gasteiger partial charge in [-0.25, -0.2) is 4.98 Å². The lowest BCUT2D eigenvalue weighted by atomic mass is 10.0. The molecule has 24 heavy (non-hydrogen) atoms. The summed E-state index contributed by atoms with van der Waals surface area (Å²) >= 11 is 1.37. The molecule has 1 aromatic carbocycles. The number of carbonyl (C=O) groups is 1. The van der Waals surface area contributed by atoms with E-state index in [0.29, 0.717) is 31.1 Å². The molecule has 1 saturated heterocycles. The molecule has 5 nitrogen and oxygen atoms in total. The van der Waals surface area contributed by atoms with Gasteiger partial charge < -0.3 is 15.0 Å². The van der Waals surface area contributed by atoms with Gasteiger partial charge in [0.25, 0.3) is 5.91 Å². The van der Waals surface area contributed by atoms with Gasteiger partial charge in [-0.3, -0.25) is 4.79 Å². The number of thiazole rings is 1. The van der Waals surface area contributed by atoms with Crippen LogP contribution >= 0.6 is 11.3 Å². The Balaban J connectivity index is 1.70. The molecule has 2 heterocycles. The second-order valence-electron chi connectivity index (χ2n) is 5.67. The quantitative estimate of drug-likeness (QED) is 0.847. The van der Waals surface area contributed by atoms with Crippen LogP contribution < -0.4 is 5.32 Å². The number of rotatable bonds is 5. The highest BCUT2D eigenvalue weighted by atomic mass is 32.1. The molecule has 0 aliphatic carbocycles. The third kappa shape index (κ3) is 3.66. The number of ether oxygens (including phenoxy) is 1. The molecule has 1 fully saturated rings. The maximum absolute atomic E-state index is 12.7. The minimum atomic E-state index is -0.0739. The Morgan fingerprint density at radius 2 is 2.38 bits per heavy atom. The molecule has 1 aliphatic heterocycles. The third-order valence-corrected chi connectivity index (χ3v) is 4.95. The number of aromatic nitrogens is 1. The van der Waals surface area contributed by atoms with Gasteiger partial charge in [0, 0.05) is 13.1 Å². The van der Waals surface area contributed by atoms with Crippen LogP contribution in [0, 0.1) is 6.92 Å². The number of hydrogen-bond acceptors (Lipinski definition) is 5. The van der Waals surface area contributed by atoms with E-state index in [9.17, 15) is 4.79 Å². The molecule has 0 unspecified atom stereocenters. The summed E-state index contributed by atoms with van der Waals surface area (Å²) in [5.74, 6) is 0.0148. The SMILES string of the molecule is C=CCNc1ncc(C(=O)N2CCO[C@H](c3ccccc3C)C2)s1.